The molecule has 1 aliphatic rings. The minimum absolute atomic E-state index is 0.0167. The number of halogens is 2. The van der Waals surface area contributed by atoms with Gasteiger partial charge in [-0.1, -0.05) is 6.07 Å². The van der Waals surface area contributed by atoms with E-state index in [-0.39, 0.29) is 22.9 Å². The number of nitrogens with zero attached hydrogens (tertiary/aromatic N) is 5. The van der Waals surface area contributed by atoms with Crippen molar-refractivity contribution in [1.29, 1.82) is 0 Å². The Balaban J connectivity index is 1.35. The average molecular weight is 361 g/mol. The molecule has 3 aromatic heterocycles. The van der Waals surface area contributed by atoms with Gasteiger partial charge in [-0.25, -0.2) is 14.4 Å². The highest BCUT2D eigenvalue weighted by atomic mass is 35.5. The Kier molecular flexibility index (Phi) is 3.96. The van der Waals surface area contributed by atoms with E-state index in [1.165, 1.54) is 0 Å². The Morgan fingerprint density at radius 2 is 2.16 bits per heavy atom. The molecule has 4 rings (SSSR count). The van der Waals surface area contributed by atoms with Crippen LogP contribution in [0, 0.1) is 11.7 Å². The van der Waals surface area contributed by atoms with Crippen molar-refractivity contribution in [2.45, 2.75) is 6.54 Å². The van der Waals surface area contributed by atoms with Crippen LogP contribution >= 0.6 is 11.6 Å². The maximum Gasteiger partial charge on any atom is 0.227 e. The number of aromatic nitrogens is 4. The molecule has 0 aromatic carbocycles. The van der Waals surface area contributed by atoms with Crippen LogP contribution in [-0.2, 0) is 11.3 Å². The summed E-state index contributed by atoms with van der Waals surface area (Å²) in [6.45, 7) is 1.17. The minimum Gasteiger partial charge on any atom is -0.352 e. The Morgan fingerprint density at radius 3 is 3.00 bits per heavy atom. The van der Waals surface area contributed by atoms with E-state index >= 15 is 0 Å². The molecule has 3 aromatic rings. The summed E-state index contributed by atoms with van der Waals surface area (Å²) in [7, 11) is 0. The average Bonchev–Trinajstić information content (AvgIpc) is 2.98. The molecule has 0 unspecified atom stereocenters. The zero-order valence-corrected chi connectivity index (χ0v) is 13.8. The third-order valence-electron chi connectivity index (χ3n) is 4.19. The van der Waals surface area contributed by atoms with E-state index < -0.39 is 5.82 Å². The first-order chi connectivity index (χ1) is 12.1. The van der Waals surface area contributed by atoms with Crippen molar-refractivity contribution in [2.75, 3.05) is 18.0 Å². The first-order valence-electron chi connectivity index (χ1n) is 7.73. The quantitative estimate of drug-likeness (QED) is 0.716. The van der Waals surface area contributed by atoms with Gasteiger partial charge in [0.05, 0.1) is 30.6 Å². The molecule has 0 saturated carbocycles. The Hall–Kier alpha value is -2.74. The van der Waals surface area contributed by atoms with Crippen molar-refractivity contribution in [3.8, 4) is 0 Å². The normalized spacial score (nSPS) is 14.6. The first kappa shape index (κ1) is 15.8. The number of pyridine rings is 1. The van der Waals surface area contributed by atoms with Gasteiger partial charge in [-0.05, 0) is 23.7 Å². The molecule has 1 N–H and O–H groups in total. The van der Waals surface area contributed by atoms with Gasteiger partial charge >= 0.3 is 0 Å². The molecule has 0 radical (unpaired) electrons. The van der Waals surface area contributed by atoms with E-state index in [0.717, 1.165) is 17.5 Å². The zero-order chi connectivity index (χ0) is 17.4. The van der Waals surface area contributed by atoms with Crippen LogP contribution in [-0.4, -0.2) is 38.3 Å². The maximum atomic E-state index is 13.7. The molecule has 1 aliphatic heterocycles. The standard InChI is InChI=1S/C16H14ClFN6O/c17-16-21-7-12(18)14(22-16)23-8-10(9-23)15(25)20-6-11-5-19-13-3-1-2-4-24(11)13/h1-5,7,10H,6,8-9H2,(H,20,25). The van der Waals surface area contributed by atoms with Gasteiger partial charge in [0.1, 0.15) is 5.65 Å². The molecular formula is C16H14ClFN6O. The predicted molar refractivity (Wildman–Crippen MR) is 89.7 cm³/mol. The number of hydrogen-bond acceptors (Lipinski definition) is 5. The van der Waals surface area contributed by atoms with Gasteiger partial charge in [-0.15, -0.1) is 0 Å². The lowest BCUT2D eigenvalue weighted by atomic mass is 9.99. The molecule has 128 valence electrons. The molecule has 0 aliphatic carbocycles. The monoisotopic (exact) mass is 360 g/mol. The highest BCUT2D eigenvalue weighted by Crippen LogP contribution is 2.26. The molecule has 1 amide bonds. The lowest BCUT2D eigenvalue weighted by Crippen LogP contribution is -2.54. The van der Waals surface area contributed by atoms with Crippen LogP contribution < -0.4 is 10.2 Å². The van der Waals surface area contributed by atoms with Crippen molar-refractivity contribution < 1.29 is 9.18 Å². The topological polar surface area (TPSA) is 75.4 Å². The van der Waals surface area contributed by atoms with Gasteiger partial charge in [-0.3, -0.25) is 4.79 Å². The third kappa shape index (κ3) is 3.00. The summed E-state index contributed by atoms with van der Waals surface area (Å²) in [5.41, 5.74) is 1.73. The summed E-state index contributed by atoms with van der Waals surface area (Å²) in [6.07, 6.45) is 4.67. The van der Waals surface area contributed by atoms with Crippen LogP contribution in [0.4, 0.5) is 10.2 Å². The van der Waals surface area contributed by atoms with Crippen LogP contribution in [0.3, 0.4) is 0 Å². The van der Waals surface area contributed by atoms with E-state index in [0.29, 0.717) is 19.6 Å². The molecule has 25 heavy (non-hydrogen) atoms. The van der Waals surface area contributed by atoms with Crippen LogP contribution in [0.5, 0.6) is 0 Å². The molecule has 4 heterocycles. The predicted octanol–water partition coefficient (Wildman–Crippen LogP) is 1.67. The Labute approximate surface area is 147 Å². The highest BCUT2D eigenvalue weighted by Gasteiger charge is 2.35. The lowest BCUT2D eigenvalue weighted by Gasteiger charge is -2.39. The number of rotatable bonds is 4. The summed E-state index contributed by atoms with van der Waals surface area (Å²) >= 11 is 5.69. The minimum atomic E-state index is -0.547. The van der Waals surface area contributed by atoms with E-state index in [1.54, 1.807) is 11.1 Å². The summed E-state index contributed by atoms with van der Waals surface area (Å²) in [5, 5.41) is 2.88. The van der Waals surface area contributed by atoms with Crippen LogP contribution in [0.1, 0.15) is 5.69 Å². The molecule has 0 bridgehead atoms. The zero-order valence-electron chi connectivity index (χ0n) is 13.1. The molecule has 9 heteroatoms. The second-order valence-electron chi connectivity index (χ2n) is 5.81. The highest BCUT2D eigenvalue weighted by molar-refractivity contribution is 6.28. The third-order valence-corrected chi connectivity index (χ3v) is 4.37. The Morgan fingerprint density at radius 1 is 1.32 bits per heavy atom. The fourth-order valence-corrected chi connectivity index (χ4v) is 2.94. The van der Waals surface area contributed by atoms with Crippen LogP contribution in [0.15, 0.2) is 36.8 Å². The van der Waals surface area contributed by atoms with Crippen molar-refractivity contribution in [3.63, 3.8) is 0 Å². The fourth-order valence-electron chi connectivity index (χ4n) is 2.81. The second kappa shape index (κ2) is 6.29. The van der Waals surface area contributed by atoms with Gasteiger partial charge in [-0.2, -0.15) is 4.98 Å². The van der Waals surface area contributed by atoms with E-state index in [1.807, 2.05) is 28.8 Å². The van der Waals surface area contributed by atoms with E-state index in [4.69, 9.17) is 11.6 Å². The lowest BCUT2D eigenvalue weighted by molar-refractivity contribution is -0.125. The largest absolute Gasteiger partial charge is 0.352 e. The number of anilines is 1. The van der Waals surface area contributed by atoms with Crippen LogP contribution in [0.2, 0.25) is 5.28 Å². The Bertz CT molecular complexity index is 939. The number of imidazole rings is 1. The van der Waals surface area contributed by atoms with Gasteiger partial charge in [0.15, 0.2) is 11.6 Å². The molecule has 0 spiro atoms. The van der Waals surface area contributed by atoms with Crippen molar-refractivity contribution in [1.82, 2.24) is 24.7 Å². The van der Waals surface area contributed by atoms with Crippen molar-refractivity contribution in [2.24, 2.45) is 5.92 Å². The molecule has 7 nitrogen and oxygen atoms in total. The van der Waals surface area contributed by atoms with E-state index in [9.17, 15) is 9.18 Å². The van der Waals surface area contributed by atoms with Crippen molar-refractivity contribution >= 4 is 29.0 Å². The number of hydrogen-bond donors (Lipinski definition) is 1. The summed E-state index contributed by atoms with van der Waals surface area (Å²) in [4.78, 5) is 25.7. The molecule has 1 saturated heterocycles. The second-order valence-corrected chi connectivity index (χ2v) is 6.15. The molecular weight excluding hydrogens is 347 g/mol. The number of nitrogens with one attached hydrogen (secondary N) is 1. The number of amides is 1. The maximum absolute atomic E-state index is 13.7. The molecule has 0 atom stereocenters. The smallest absolute Gasteiger partial charge is 0.227 e. The summed E-state index contributed by atoms with van der Waals surface area (Å²) in [6, 6.07) is 5.72. The number of fused-ring (bicyclic) bond motifs is 1. The van der Waals surface area contributed by atoms with Gasteiger partial charge in [0.25, 0.3) is 0 Å². The number of carbonyl (C=O) groups is 1. The molecule has 1 fully saturated rings. The summed E-state index contributed by atoms with van der Waals surface area (Å²) in [5.74, 6) is -0.713. The van der Waals surface area contributed by atoms with Crippen LogP contribution in [0.25, 0.3) is 5.65 Å². The van der Waals surface area contributed by atoms with Crippen molar-refractivity contribution in [3.05, 3.63) is 53.6 Å². The van der Waals surface area contributed by atoms with Gasteiger partial charge < -0.3 is 14.6 Å². The van der Waals surface area contributed by atoms with Gasteiger partial charge in [0.2, 0.25) is 11.2 Å². The summed E-state index contributed by atoms with van der Waals surface area (Å²) < 4.78 is 15.6. The number of carbonyl (C=O) groups excluding carboxylic acids is 1. The SMILES string of the molecule is O=C(NCc1cnc2ccccn12)C1CN(c2nc(Cl)ncc2F)C1. The fraction of sp³-hybridized carbons (Fsp3) is 0.250. The van der Waals surface area contributed by atoms with Gasteiger partial charge in [0, 0.05) is 19.3 Å². The van der Waals surface area contributed by atoms with E-state index in [2.05, 4.69) is 20.3 Å². The first-order valence-corrected chi connectivity index (χ1v) is 8.11.